The van der Waals surface area contributed by atoms with Crippen molar-refractivity contribution >= 4 is 5.97 Å². The number of carbonyl (C=O) groups is 1. The number of carbonyl (C=O) groups excluding carboxylic acids is 1. The Morgan fingerprint density at radius 1 is 1.27 bits per heavy atom. The van der Waals surface area contributed by atoms with Gasteiger partial charge >= 0.3 is 0 Å². The molecule has 3 heteroatoms. The molecule has 0 aliphatic carbocycles. The van der Waals surface area contributed by atoms with Gasteiger partial charge in [-0.3, -0.25) is 0 Å². The fourth-order valence-corrected chi connectivity index (χ4v) is 2.18. The van der Waals surface area contributed by atoms with Crippen LogP contribution in [0.15, 0.2) is 23.8 Å². The molecule has 0 aromatic carbocycles. The van der Waals surface area contributed by atoms with Crippen LogP contribution in [0.25, 0.3) is 0 Å². The standard InChI is InChI=1S/C19H34O3/c1-15(2)14-22-19(5,6)12-8-11-16(3)9-7-10-17(4)13-18(20)21/h7,10,13,15-16H,8-9,11-12,14H2,1-6H3,(H,20,21)/p-1. The minimum absolute atomic E-state index is 0.0480. The van der Waals surface area contributed by atoms with E-state index in [1.54, 1.807) is 6.92 Å². The molecule has 0 heterocycles. The van der Waals surface area contributed by atoms with Gasteiger partial charge in [-0.25, -0.2) is 0 Å². The first-order valence-electron chi connectivity index (χ1n) is 8.32. The van der Waals surface area contributed by atoms with Crippen molar-refractivity contribution in [2.24, 2.45) is 11.8 Å². The summed E-state index contributed by atoms with van der Waals surface area (Å²) in [7, 11) is 0. The number of hydrogen-bond donors (Lipinski definition) is 0. The second-order valence-electron chi connectivity index (χ2n) is 7.31. The van der Waals surface area contributed by atoms with Crippen LogP contribution in [0, 0.1) is 11.8 Å². The van der Waals surface area contributed by atoms with Crippen molar-refractivity contribution in [3.8, 4) is 0 Å². The second kappa shape index (κ2) is 10.6. The molecule has 0 aromatic heterocycles. The molecular formula is C19H33O3-. The van der Waals surface area contributed by atoms with Gasteiger partial charge < -0.3 is 14.6 Å². The molecule has 1 unspecified atom stereocenters. The average Bonchev–Trinajstić information content (AvgIpc) is 2.35. The van der Waals surface area contributed by atoms with Gasteiger partial charge in [-0.15, -0.1) is 0 Å². The van der Waals surface area contributed by atoms with Crippen LogP contribution in [-0.4, -0.2) is 18.2 Å². The summed E-state index contributed by atoms with van der Waals surface area (Å²) in [6.07, 6.45) is 9.34. The first-order valence-corrected chi connectivity index (χ1v) is 8.32. The maximum absolute atomic E-state index is 10.4. The van der Waals surface area contributed by atoms with Crippen LogP contribution in [0.4, 0.5) is 0 Å². The van der Waals surface area contributed by atoms with Crippen LogP contribution in [0.5, 0.6) is 0 Å². The Labute approximate surface area is 136 Å². The van der Waals surface area contributed by atoms with Crippen molar-refractivity contribution in [2.75, 3.05) is 6.61 Å². The van der Waals surface area contributed by atoms with Gasteiger partial charge in [-0.1, -0.05) is 45.8 Å². The van der Waals surface area contributed by atoms with Crippen molar-refractivity contribution in [3.05, 3.63) is 23.8 Å². The van der Waals surface area contributed by atoms with E-state index in [0.29, 0.717) is 11.8 Å². The van der Waals surface area contributed by atoms with Crippen LogP contribution in [0.1, 0.15) is 67.2 Å². The van der Waals surface area contributed by atoms with Gasteiger partial charge in [-0.2, -0.15) is 0 Å². The van der Waals surface area contributed by atoms with Gasteiger partial charge in [0.15, 0.2) is 0 Å². The van der Waals surface area contributed by atoms with E-state index in [1.165, 1.54) is 0 Å². The van der Waals surface area contributed by atoms with Gasteiger partial charge in [0.05, 0.1) is 11.6 Å². The Hall–Kier alpha value is -1.09. The third-order valence-electron chi connectivity index (χ3n) is 3.55. The summed E-state index contributed by atoms with van der Waals surface area (Å²) in [6, 6.07) is 0. The zero-order chi connectivity index (χ0) is 17.2. The van der Waals surface area contributed by atoms with Gasteiger partial charge in [0.2, 0.25) is 0 Å². The summed E-state index contributed by atoms with van der Waals surface area (Å²) >= 11 is 0. The topological polar surface area (TPSA) is 49.4 Å². The van der Waals surface area contributed by atoms with E-state index in [-0.39, 0.29) is 5.60 Å². The first-order chi connectivity index (χ1) is 10.1. The summed E-state index contributed by atoms with van der Waals surface area (Å²) in [5.41, 5.74) is 0.670. The molecule has 0 radical (unpaired) electrons. The van der Waals surface area contributed by atoms with E-state index in [9.17, 15) is 9.90 Å². The van der Waals surface area contributed by atoms with Gasteiger partial charge in [0.25, 0.3) is 0 Å². The molecule has 0 bridgehead atoms. The fourth-order valence-electron chi connectivity index (χ4n) is 2.18. The number of rotatable bonds is 11. The van der Waals surface area contributed by atoms with E-state index in [2.05, 4.69) is 34.6 Å². The highest BCUT2D eigenvalue weighted by Crippen LogP contribution is 2.22. The van der Waals surface area contributed by atoms with Crippen LogP contribution >= 0.6 is 0 Å². The lowest BCUT2D eigenvalue weighted by Gasteiger charge is -2.27. The molecular weight excluding hydrogens is 276 g/mol. The van der Waals surface area contributed by atoms with Crippen LogP contribution in [0.3, 0.4) is 0 Å². The Morgan fingerprint density at radius 3 is 2.45 bits per heavy atom. The van der Waals surface area contributed by atoms with Crippen molar-refractivity contribution in [1.29, 1.82) is 0 Å². The van der Waals surface area contributed by atoms with E-state index < -0.39 is 5.97 Å². The van der Waals surface area contributed by atoms with E-state index in [1.807, 2.05) is 12.2 Å². The van der Waals surface area contributed by atoms with Crippen molar-refractivity contribution in [3.63, 3.8) is 0 Å². The Bertz CT molecular complexity index is 378. The lowest BCUT2D eigenvalue weighted by Crippen LogP contribution is -2.26. The number of hydrogen-bond acceptors (Lipinski definition) is 3. The lowest BCUT2D eigenvalue weighted by molar-refractivity contribution is -0.297. The fraction of sp³-hybridized carbons (Fsp3) is 0.737. The van der Waals surface area contributed by atoms with Crippen molar-refractivity contribution in [2.45, 2.75) is 72.8 Å². The number of aliphatic carboxylic acids is 1. The van der Waals surface area contributed by atoms with E-state index >= 15 is 0 Å². The van der Waals surface area contributed by atoms with Crippen LogP contribution in [-0.2, 0) is 9.53 Å². The number of ether oxygens (including phenoxy) is 1. The van der Waals surface area contributed by atoms with E-state index in [4.69, 9.17) is 4.74 Å². The molecule has 0 spiro atoms. The first kappa shape index (κ1) is 20.9. The molecule has 0 aliphatic rings. The largest absolute Gasteiger partial charge is 0.545 e. The smallest absolute Gasteiger partial charge is 0.0645 e. The van der Waals surface area contributed by atoms with Crippen molar-refractivity contribution in [1.82, 2.24) is 0 Å². The Balaban J connectivity index is 3.97. The minimum atomic E-state index is -1.14. The van der Waals surface area contributed by atoms with E-state index in [0.717, 1.165) is 43.9 Å². The maximum atomic E-state index is 10.4. The quantitative estimate of drug-likeness (QED) is 0.430. The number of allylic oxidation sites excluding steroid dienone is 3. The second-order valence-corrected chi connectivity index (χ2v) is 7.31. The Kier molecular flexibility index (Phi) is 10.1. The summed E-state index contributed by atoms with van der Waals surface area (Å²) < 4.78 is 5.94. The molecule has 0 rings (SSSR count). The maximum Gasteiger partial charge on any atom is 0.0645 e. The molecule has 0 saturated carbocycles. The highest BCUT2D eigenvalue weighted by atomic mass is 16.5. The molecule has 3 nitrogen and oxygen atoms in total. The molecule has 0 fully saturated rings. The monoisotopic (exact) mass is 309 g/mol. The number of carboxylic acid groups (broad SMARTS) is 1. The predicted molar refractivity (Wildman–Crippen MR) is 90.4 cm³/mol. The summed E-state index contributed by atoms with van der Waals surface area (Å²) in [5, 5.41) is 10.4. The zero-order valence-electron chi connectivity index (χ0n) is 15.1. The van der Waals surface area contributed by atoms with Crippen LogP contribution < -0.4 is 5.11 Å². The summed E-state index contributed by atoms with van der Waals surface area (Å²) in [6.45, 7) is 13.5. The normalized spacial score (nSPS) is 14.8. The predicted octanol–water partition coefficient (Wildman–Crippen LogP) is 3.89. The van der Waals surface area contributed by atoms with Gasteiger partial charge in [-0.05, 0) is 57.1 Å². The minimum Gasteiger partial charge on any atom is -0.545 e. The lowest BCUT2D eigenvalue weighted by atomic mass is 9.94. The third kappa shape index (κ3) is 12.6. The molecule has 0 aromatic rings. The van der Waals surface area contributed by atoms with Crippen LogP contribution in [0.2, 0.25) is 0 Å². The highest BCUT2D eigenvalue weighted by Gasteiger charge is 2.18. The highest BCUT2D eigenvalue weighted by molar-refractivity contribution is 5.79. The number of carboxylic acids is 1. The molecule has 1 atom stereocenters. The van der Waals surface area contributed by atoms with Crippen molar-refractivity contribution < 1.29 is 14.6 Å². The molecule has 0 amide bonds. The summed E-state index contributed by atoms with van der Waals surface area (Å²) in [5.74, 6) is 0.0207. The molecule has 0 saturated heterocycles. The zero-order valence-corrected chi connectivity index (χ0v) is 15.1. The summed E-state index contributed by atoms with van der Waals surface area (Å²) in [4.78, 5) is 10.4. The Morgan fingerprint density at radius 2 is 1.91 bits per heavy atom. The third-order valence-corrected chi connectivity index (χ3v) is 3.55. The van der Waals surface area contributed by atoms with Gasteiger partial charge in [0.1, 0.15) is 0 Å². The molecule has 22 heavy (non-hydrogen) atoms. The molecule has 128 valence electrons. The molecule has 0 aliphatic heterocycles. The average molecular weight is 309 g/mol. The SMILES string of the molecule is CC(C=CCC(C)CCCC(C)(C)OCC(C)C)=CC(=O)[O-]. The molecule has 0 N–H and O–H groups in total. The van der Waals surface area contributed by atoms with Gasteiger partial charge in [0, 0.05) is 6.61 Å².